The number of nitrogens with one attached hydrogen (secondary N) is 2. The van der Waals surface area contributed by atoms with Gasteiger partial charge in [-0.2, -0.15) is 5.10 Å². The van der Waals surface area contributed by atoms with Gasteiger partial charge in [-0.3, -0.25) is 9.89 Å². The van der Waals surface area contributed by atoms with Crippen molar-refractivity contribution in [1.29, 1.82) is 0 Å². The molecule has 8 heteroatoms. The minimum atomic E-state index is -0.387. The third-order valence-electron chi connectivity index (χ3n) is 2.62. The summed E-state index contributed by atoms with van der Waals surface area (Å²) in [5.74, 6) is 0.289. The number of hydrogen-bond acceptors (Lipinski definition) is 5. The summed E-state index contributed by atoms with van der Waals surface area (Å²) in [6, 6.07) is 7.27. The standard InChI is InChI=1S/C12H11N7O/c1-8-15-11(18-17-8)12(20)16-9-4-2-3-5-10(9)19-7-13-6-14-19/h2-7H,1H3,(H,16,20)(H,15,17,18). The fourth-order valence-electron chi connectivity index (χ4n) is 1.73. The molecule has 3 rings (SSSR count). The SMILES string of the molecule is Cc1nc(C(=O)Nc2ccccc2-n2cncn2)n[nH]1. The fourth-order valence-corrected chi connectivity index (χ4v) is 1.73. The van der Waals surface area contributed by atoms with Crippen molar-refractivity contribution in [3.63, 3.8) is 0 Å². The quantitative estimate of drug-likeness (QED) is 0.737. The lowest BCUT2D eigenvalue weighted by Crippen LogP contribution is -2.15. The van der Waals surface area contributed by atoms with Crippen LogP contribution in [0, 0.1) is 6.92 Å². The fraction of sp³-hybridized carbons (Fsp3) is 0.0833. The molecule has 0 unspecified atom stereocenters. The van der Waals surface area contributed by atoms with Gasteiger partial charge in [0.25, 0.3) is 5.91 Å². The molecule has 1 amide bonds. The van der Waals surface area contributed by atoms with Gasteiger partial charge in [-0.15, -0.1) is 5.10 Å². The molecule has 0 fully saturated rings. The van der Waals surface area contributed by atoms with Crippen LogP contribution in [0.5, 0.6) is 0 Å². The molecular weight excluding hydrogens is 258 g/mol. The Morgan fingerprint density at radius 2 is 2.20 bits per heavy atom. The van der Waals surface area contributed by atoms with E-state index in [1.165, 1.54) is 6.33 Å². The molecule has 0 saturated carbocycles. The van der Waals surface area contributed by atoms with E-state index in [9.17, 15) is 4.79 Å². The van der Waals surface area contributed by atoms with Gasteiger partial charge in [0, 0.05) is 0 Å². The average Bonchev–Trinajstić information content (AvgIpc) is 3.10. The molecule has 0 bridgehead atoms. The van der Waals surface area contributed by atoms with Crippen molar-refractivity contribution >= 4 is 11.6 Å². The molecule has 2 aromatic heterocycles. The number of anilines is 1. The predicted octanol–water partition coefficient (Wildman–Crippen LogP) is 0.946. The van der Waals surface area contributed by atoms with Crippen LogP contribution in [0.2, 0.25) is 0 Å². The third-order valence-corrected chi connectivity index (χ3v) is 2.62. The number of nitrogens with zero attached hydrogens (tertiary/aromatic N) is 5. The van der Waals surface area contributed by atoms with Crippen molar-refractivity contribution in [3.8, 4) is 5.69 Å². The van der Waals surface area contributed by atoms with E-state index < -0.39 is 0 Å². The Labute approximate surface area is 113 Å². The largest absolute Gasteiger partial charge is 0.317 e. The van der Waals surface area contributed by atoms with Crippen molar-refractivity contribution < 1.29 is 4.79 Å². The number of carbonyl (C=O) groups is 1. The molecule has 3 aromatic rings. The van der Waals surface area contributed by atoms with Gasteiger partial charge < -0.3 is 5.32 Å². The van der Waals surface area contributed by atoms with Gasteiger partial charge in [-0.1, -0.05) is 12.1 Å². The van der Waals surface area contributed by atoms with Crippen molar-refractivity contribution in [2.45, 2.75) is 6.92 Å². The van der Waals surface area contributed by atoms with Crippen molar-refractivity contribution in [2.24, 2.45) is 0 Å². The Morgan fingerprint density at radius 3 is 2.90 bits per heavy atom. The number of aromatic nitrogens is 6. The number of carbonyl (C=O) groups excluding carboxylic acids is 1. The first-order chi connectivity index (χ1) is 9.74. The Balaban J connectivity index is 1.90. The van der Waals surface area contributed by atoms with E-state index in [4.69, 9.17) is 0 Å². The maximum atomic E-state index is 12.0. The van der Waals surface area contributed by atoms with Gasteiger partial charge in [0.2, 0.25) is 5.82 Å². The molecule has 8 nitrogen and oxygen atoms in total. The van der Waals surface area contributed by atoms with E-state index in [2.05, 4.69) is 30.6 Å². The smallest absolute Gasteiger partial charge is 0.295 e. The molecule has 2 N–H and O–H groups in total. The van der Waals surface area contributed by atoms with Crippen LogP contribution in [0.4, 0.5) is 5.69 Å². The van der Waals surface area contributed by atoms with Gasteiger partial charge in [-0.05, 0) is 19.1 Å². The van der Waals surface area contributed by atoms with Gasteiger partial charge >= 0.3 is 0 Å². The molecule has 0 atom stereocenters. The van der Waals surface area contributed by atoms with Gasteiger partial charge in [0.1, 0.15) is 18.5 Å². The second-order valence-electron chi connectivity index (χ2n) is 4.06. The first-order valence-corrected chi connectivity index (χ1v) is 5.88. The maximum absolute atomic E-state index is 12.0. The van der Waals surface area contributed by atoms with Crippen molar-refractivity contribution in [3.05, 3.63) is 48.6 Å². The number of aromatic amines is 1. The number of benzene rings is 1. The molecule has 0 aliphatic rings. The number of amides is 1. The van der Waals surface area contributed by atoms with E-state index in [1.54, 1.807) is 24.0 Å². The van der Waals surface area contributed by atoms with Crippen LogP contribution < -0.4 is 5.32 Å². The first kappa shape index (κ1) is 12.0. The van der Waals surface area contributed by atoms with Crippen molar-refractivity contribution in [1.82, 2.24) is 29.9 Å². The van der Waals surface area contributed by atoms with Crippen molar-refractivity contribution in [2.75, 3.05) is 5.32 Å². The molecule has 100 valence electrons. The first-order valence-electron chi connectivity index (χ1n) is 5.88. The van der Waals surface area contributed by atoms with Gasteiger partial charge in [0.05, 0.1) is 11.4 Å². The average molecular weight is 269 g/mol. The molecule has 0 radical (unpaired) electrons. The summed E-state index contributed by atoms with van der Waals surface area (Å²) in [5.41, 5.74) is 1.32. The number of aryl methyl sites for hydroxylation is 1. The van der Waals surface area contributed by atoms with Crippen LogP contribution in [0.1, 0.15) is 16.4 Å². The summed E-state index contributed by atoms with van der Waals surface area (Å²) in [5, 5.41) is 13.3. The van der Waals surface area contributed by atoms with E-state index in [0.717, 1.165) is 0 Å². The molecule has 0 aliphatic carbocycles. The molecule has 20 heavy (non-hydrogen) atoms. The second-order valence-corrected chi connectivity index (χ2v) is 4.06. The summed E-state index contributed by atoms with van der Waals surface area (Å²) in [7, 11) is 0. The summed E-state index contributed by atoms with van der Waals surface area (Å²) >= 11 is 0. The van der Waals surface area contributed by atoms with E-state index in [-0.39, 0.29) is 11.7 Å². The zero-order chi connectivity index (χ0) is 13.9. The molecule has 1 aromatic carbocycles. The number of rotatable bonds is 3. The summed E-state index contributed by atoms with van der Waals surface area (Å²) in [6.07, 6.45) is 2.99. The monoisotopic (exact) mass is 269 g/mol. The Hall–Kier alpha value is -3.03. The minimum Gasteiger partial charge on any atom is -0.317 e. The number of para-hydroxylation sites is 2. The van der Waals surface area contributed by atoms with Crippen LogP contribution in [-0.4, -0.2) is 35.9 Å². The summed E-state index contributed by atoms with van der Waals surface area (Å²) < 4.78 is 1.57. The van der Waals surface area contributed by atoms with E-state index in [1.807, 2.05) is 18.2 Å². The van der Waals surface area contributed by atoms with Crippen LogP contribution in [0.3, 0.4) is 0 Å². The minimum absolute atomic E-state index is 0.0934. The van der Waals surface area contributed by atoms with Crippen LogP contribution in [0.15, 0.2) is 36.9 Å². The Bertz CT molecular complexity index is 732. The zero-order valence-corrected chi connectivity index (χ0v) is 10.6. The Kier molecular flexibility index (Phi) is 2.96. The number of H-pyrrole nitrogens is 1. The normalized spacial score (nSPS) is 10.4. The lowest BCUT2D eigenvalue weighted by atomic mass is 10.2. The molecule has 2 heterocycles. The highest BCUT2D eigenvalue weighted by molar-refractivity contribution is 6.02. The van der Waals surface area contributed by atoms with Gasteiger partial charge in [-0.25, -0.2) is 14.6 Å². The lowest BCUT2D eigenvalue weighted by molar-refractivity contribution is 0.101. The topological polar surface area (TPSA) is 101 Å². The van der Waals surface area contributed by atoms with Crippen LogP contribution in [0.25, 0.3) is 5.69 Å². The highest BCUT2D eigenvalue weighted by Crippen LogP contribution is 2.18. The van der Waals surface area contributed by atoms with E-state index >= 15 is 0 Å². The maximum Gasteiger partial charge on any atom is 0.295 e. The van der Waals surface area contributed by atoms with E-state index in [0.29, 0.717) is 17.2 Å². The zero-order valence-electron chi connectivity index (χ0n) is 10.6. The highest BCUT2D eigenvalue weighted by atomic mass is 16.2. The highest BCUT2D eigenvalue weighted by Gasteiger charge is 2.14. The lowest BCUT2D eigenvalue weighted by Gasteiger charge is -2.09. The Morgan fingerprint density at radius 1 is 1.35 bits per heavy atom. The molecule has 0 spiro atoms. The molecular formula is C12H11N7O. The van der Waals surface area contributed by atoms with Crippen LogP contribution in [-0.2, 0) is 0 Å². The van der Waals surface area contributed by atoms with Crippen LogP contribution >= 0.6 is 0 Å². The third kappa shape index (κ3) is 2.26. The number of hydrogen-bond donors (Lipinski definition) is 2. The predicted molar refractivity (Wildman–Crippen MR) is 70.4 cm³/mol. The summed E-state index contributed by atoms with van der Waals surface area (Å²) in [6.45, 7) is 1.73. The second kappa shape index (κ2) is 4.92. The van der Waals surface area contributed by atoms with Gasteiger partial charge in [0.15, 0.2) is 0 Å². The summed E-state index contributed by atoms with van der Waals surface area (Å²) in [4.78, 5) is 19.9. The molecule has 0 saturated heterocycles. The molecule has 0 aliphatic heterocycles.